The summed E-state index contributed by atoms with van der Waals surface area (Å²) in [5.41, 5.74) is 2.30. The van der Waals surface area contributed by atoms with Crippen LogP contribution in [0.25, 0.3) is 0 Å². The molecule has 2 aliphatic heterocycles. The van der Waals surface area contributed by atoms with Crippen LogP contribution in [0.2, 0.25) is 0 Å². The summed E-state index contributed by atoms with van der Waals surface area (Å²) in [4.78, 5) is 11.5. The Labute approximate surface area is 196 Å². The van der Waals surface area contributed by atoms with Crippen molar-refractivity contribution < 1.29 is 9.47 Å². The average molecular weight is 450 g/mol. The fourth-order valence-corrected chi connectivity index (χ4v) is 5.35. The van der Waals surface area contributed by atoms with Crippen molar-refractivity contribution in [2.75, 3.05) is 31.6 Å². The molecule has 0 radical (unpaired) electrons. The fourth-order valence-electron chi connectivity index (χ4n) is 5.35. The number of ether oxygens (including phenoxy) is 2. The lowest BCUT2D eigenvalue weighted by atomic mass is 9.86. The second-order valence-corrected chi connectivity index (χ2v) is 9.51. The maximum atomic E-state index is 6.50. The quantitative estimate of drug-likeness (QED) is 0.546. The number of aromatic nitrogens is 1. The molecule has 0 bridgehead atoms. The molecule has 0 amide bonds. The van der Waals surface area contributed by atoms with Crippen LogP contribution in [0.15, 0.2) is 47.6 Å². The van der Waals surface area contributed by atoms with E-state index >= 15 is 0 Å². The third kappa shape index (κ3) is 4.93. The van der Waals surface area contributed by atoms with Gasteiger partial charge in [0.1, 0.15) is 17.2 Å². The minimum absolute atomic E-state index is 0.0401. The van der Waals surface area contributed by atoms with Gasteiger partial charge in [-0.25, -0.2) is 4.98 Å². The Morgan fingerprint density at radius 2 is 2.06 bits per heavy atom. The number of aliphatic imine (C=N–C) groups is 1. The largest absolute Gasteiger partial charge is 0.487 e. The Hall–Kier alpha value is -2.80. The zero-order valence-corrected chi connectivity index (χ0v) is 19.7. The van der Waals surface area contributed by atoms with Gasteiger partial charge >= 0.3 is 0 Å². The summed E-state index contributed by atoms with van der Waals surface area (Å²) in [6, 6.07) is 12.8. The van der Waals surface area contributed by atoms with Crippen molar-refractivity contribution in [3.8, 4) is 5.75 Å². The molecule has 2 aromatic rings. The second-order valence-electron chi connectivity index (χ2n) is 9.51. The number of guanidine groups is 1. The summed E-state index contributed by atoms with van der Waals surface area (Å²) in [6.45, 7) is 5.30. The number of benzene rings is 1. The number of nitrogens with one attached hydrogen (secondary N) is 2. The summed E-state index contributed by atoms with van der Waals surface area (Å²) in [7, 11) is 1.83. The van der Waals surface area contributed by atoms with Crippen molar-refractivity contribution in [3.63, 3.8) is 0 Å². The monoisotopic (exact) mass is 449 g/mol. The van der Waals surface area contributed by atoms with Gasteiger partial charge in [0, 0.05) is 44.9 Å². The molecule has 1 saturated heterocycles. The Kier molecular flexibility index (Phi) is 6.40. The lowest BCUT2D eigenvalue weighted by Crippen LogP contribution is -2.46. The molecule has 1 aromatic carbocycles. The van der Waals surface area contributed by atoms with E-state index in [1.54, 1.807) is 0 Å². The van der Waals surface area contributed by atoms with Crippen molar-refractivity contribution in [2.45, 2.75) is 63.3 Å². The molecule has 7 nitrogen and oxygen atoms in total. The zero-order valence-electron chi connectivity index (χ0n) is 19.7. The maximum absolute atomic E-state index is 6.50. The molecule has 1 aliphatic carbocycles. The molecule has 5 rings (SSSR count). The predicted molar refractivity (Wildman–Crippen MR) is 131 cm³/mol. The van der Waals surface area contributed by atoms with Gasteiger partial charge < -0.3 is 25.0 Å². The molecular weight excluding hydrogens is 414 g/mol. The number of nitrogens with zero attached hydrogens (tertiary/aromatic N) is 3. The van der Waals surface area contributed by atoms with Crippen LogP contribution >= 0.6 is 0 Å². The fraction of sp³-hybridized carbons (Fsp3) is 0.538. The highest BCUT2D eigenvalue weighted by molar-refractivity contribution is 5.80. The molecule has 2 unspecified atom stereocenters. The Balaban J connectivity index is 1.22. The Morgan fingerprint density at radius 1 is 1.21 bits per heavy atom. The van der Waals surface area contributed by atoms with Crippen LogP contribution < -0.4 is 20.3 Å². The first-order valence-corrected chi connectivity index (χ1v) is 12.2. The van der Waals surface area contributed by atoms with Gasteiger partial charge in [0.2, 0.25) is 0 Å². The molecular formula is C26H35N5O2. The molecule has 1 saturated carbocycles. The minimum atomic E-state index is -0.0401. The number of anilines is 1. The van der Waals surface area contributed by atoms with Gasteiger partial charge in [-0.3, -0.25) is 4.99 Å². The molecule has 2 N–H and O–H groups in total. The van der Waals surface area contributed by atoms with Gasteiger partial charge in [0.05, 0.1) is 18.8 Å². The standard InChI is InChI=1S/C26H35N5O2/c1-19-18-31(13-14-32-19)24-10-9-20(16-28-24)17-29-25(27-2)30-22-15-26(11-5-6-12-26)33-23-8-4-3-7-21(22)23/h3-4,7-10,16,19,22H,5-6,11-15,17-18H2,1-2H3,(H2,27,29,30). The predicted octanol–water partition coefficient (Wildman–Crippen LogP) is 3.81. The highest BCUT2D eigenvalue weighted by Crippen LogP contribution is 2.46. The van der Waals surface area contributed by atoms with E-state index in [1.165, 1.54) is 18.4 Å². The van der Waals surface area contributed by atoms with Crippen molar-refractivity contribution in [3.05, 3.63) is 53.7 Å². The van der Waals surface area contributed by atoms with E-state index in [0.29, 0.717) is 6.54 Å². The van der Waals surface area contributed by atoms with E-state index < -0.39 is 0 Å². The molecule has 1 aromatic heterocycles. The van der Waals surface area contributed by atoms with Crippen LogP contribution in [0.4, 0.5) is 5.82 Å². The minimum Gasteiger partial charge on any atom is -0.487 e. The highest BCUT2D eigenvalue weighted by atomic mass is 16.5. The maximum Gasteiger partial charge on any atom is 0.191 e. The lowest BCUT2D eigenvalue weighted by Gasteiger charge is -2.40. The number of pyridine rings is 1. The Morgan fingerprint density at radius 3 is 2.82 bits per heavy atom. The van der Waals surface area contributed by atoms with Gasteiger partial charge in [-0.1, -0.05) is 24.3 Å². The first kappa shape index (κ1) is 22.0. The lowest BCUT2D eigenvalue weighted by molar-refractivity contribution is 0.0396. The molecule has 176 valence electrons. The van der Waals surface area contributed by atoms with E-state index in [0.717, 1.165) is 62.0 Å². The van der Waals surface area contributed by atoms with Gasteiger partial charge in [-0.05, 0) is 50.3 Å². The van der Waals surface area contributed by atoms with Gasteiger partial charge in [-0.2, -0.15) is 0 Å². The molecule has 3 heterocycles. The summed E-state index contributed by atoms with van der Waals surface area (Å²) >= 11 is 0. The molecule has 2 atom stereocenters. The summed E-state index contributed by atoms with van der Waals surface area (Å²) in [5.74, 6) is 2.82. The smallest absolute Gasteiger partial charge is 0.191 e. The summed E-state index contributed by atoms with van der Waals surface area (Å²) < 4.78 is 12.1. The molecule has 7 heteroatoms. The van der Waals surface area contributed by atoms with E-state index in [-0.39, 0.29) is 17.7 Å². The molecule has 33 heavy (non-hydrogen) atoms. The number of morpholine rings is 1. The SMILES string of the molecule is CN=C(NCc1ccc(N2CCOC(C)C2)nc1)NC1CC2(CCCC2)Oc2ccccc21. The average Bonchev–Trinajstić information content (AvgIpc) is 3.29. The number of hydrogen-bond acceptors (Lipinski definition) is 5. The number of hydrogen-bond donors (Lipinski definition) is 2. The van der Waals surface area contributed by atoms with Crippen molar-refractivity contribution in [1.82, 2.24) is 15.6 Å². The van der Waals surface area contributed by atoms with E-state index in [1.807, 2.05) is 13.2 Å². The van der Waals surface area contributed by atoms with Gasteiger partial charge in [-0.15, -0.1) is 0 Å². The van der Waals surface area contributed by atoms with Crippen LogP contribution in [0.5, 0.6) is 5.75 Å². The van der Waals surface area contributed by atoms with Crippen LogP contribution in [-0.2, 0) is 11.3 Å². The number of fused-ring (bicyclic) bond motifs is 1. The van der Waals surface area contributed by atoms with E-state index in [4.69, 9.17) is 9.47 Å². The number of rotatable bonds is 4. The first-order chi connectivity index (χ1) is 16.1. The van der Waals surface area contributed by atoms with E-state index in [2.05, 4.69) is 68.8 Å². The molecule has 3 aliphatic rings. The summed E-state index contributed by atoms with van der Waals surface area (Å²) in [6.07, 6.45) is 7.92. The van der Waals surface area contributed by atoms with Crippen molar-refractivity contribution >= 4 is 11.8 Å². The molecule has 2 fully saturated rings. The van der Waals surface area contributed by atoms with Gasteiger partial charge in [0.25, 0.3) is 0 Å². The van der Waals surface area contributed by atoms with Crippen LogP contribution in [-0.4, -0.2) is 49.4 Å². The normalized spacial score (nSPS) is 24.3. The van der Waals surface area contributed by atoms with Gasteiger partial charge in [0.15, 0.2) is 5.96 Å². The first-order valence-electron chi connectivity index (χ1n) is 12.2. The second kappa shape index (κ2) is 9.59. The van der Waals surface area contributed by atoms with Crippen LogP contribution in [0.3, 0.4) is 0 Å². The van der Waals surface area contributed by atoms with Crippen molar-refractivity contribution in [1.29, 1.82) is 0 Å². The van der Waals surface area contributed by atoms with Crippen molar-refractivity contribution in [2.24, 2.45) is 4.99 Å². The van der Waals surface area contributed by atoms with Crippen LogP contribution in [0, 0.1) is 0 Å². The van der Waals surface area contributed by atoms with E-state index in [9.17, 15) is 0 Å². The zero-order chi connectivity index (χ0) is 22.7. The highest BCUT2D eigenvalue weighted by Gasteiger charge is 2.43. The number of para-hydroxylation sites is 1. The Bertz CT molecular complexity index is 971. The van der Waals surface area contributed by atoms with Crippen LogP contribution in [0.1, 0.15) is 56.2 Å². The summed E-state index contributed by atoms with van der Waals surface area (Å²) in [5, 5.41) is 7.14. The topological polar surface area (TPSA) is 71.0 Å². The molecule has 1 spiro atoms. The third-order valence-corrected chi connectivity index (χ3v) is 7.08. The third-order valence-electron chi connectivity index (χ3n) is 7.08.